The molecule has 2 aliphatic rings. The maximum Gasteiger partial charge on any atom is 0.306 e. The Morgan fingerprint density at radius 3 is 2.41 bits per heavy atom. The van der Waals surface area contributed by atoms with Crippen molar-refractivity contribution >= 4 is 40.1 Å². The van der Waals surface area contributed by atoms with Crippen molar-refractivity contribution < 1.29 is 32.2 Å². The first-order chi connectivity index (χ1) is 26.9. The quantitative estimate of drug-likeness (QED) is 0.111. The average molecular weight is 793 g/mol. The second-order valence-electron chi connectivity index (χ2n) is 14.5. The fourth-order valence-corrected chi connectivity index (χ4v) is 7.89. The molecule has 11 nitrogen and oxygen atoms in total. The van der Waals surface area contributed by atoms with Gasteiger partial charge in [0.25, 0.3) is 6.43 Å². The lowest BCUT2D eigenvalue weighted by molar-refractivity contribution is -0.143. The fourth-order valence-electron chi connectivity index (χ4n) is 7.56. The summed E-state index contributed by atoms with van der Waals surface area (Å²) >= 11 is 7.11. The molecule has 1 aliphatic carbocycles. The number of benzene rings is 2. The Hall–Kier alpha value is -4.99. The predicted octanol–water partition coefficient (Wildman–Crippen LogP) is 8.57. The first-order valence-corrected chi connectivity index (χ1v) is 18.7. The Bertz CT molecular complexity index is 2230. The number of aliphatic carboxylic acids is 1. The van der Waals surface area contributed by atoms with Gasteiger partial charge in [0.1, 0.15) is 11.2 Å². The van der Waals surface area contributed by atoms with Gasteiger partial charge >= 0.3 is 5.97 Å². The third-order valence-corrected chi connectivity index (χ3v) is 11.2. The molecule has 7 rings (SSSR count). The fraction of sp³-hybridized carbons (Fsp3) is 0.400. The van der Waals surface area contributed by atoms with Gasteiger partial charge in [-0.25, -0.2) is 32.5 Å². The molecule has 0 unspecified atom stereocenters. The zero-order chi connectivity index (χ0) is 39.7. The van der Waals surface area contributed by atoms with E-state index in [4.69, 9.17) is 26.3 Å². The highest BCUT2D eigenvalue weighted by Crippen LogP contribution is 2.40. The number of hydrogen-bond acceptors (Lipinski definition) is 10. The van der Waals surface area contributed by atoms with Gasteiger partial charge in [-0.05, 0) is 68.5 Å². The summed E-state index contributed by atoms with van der Waals surface area (Å²) in [4.78, 5) is 37.6. The summed E-state index contributed by atoms with van der Waals surface area (Å²) in [6.07, 6.45) is 0.789. The monoisotopic (exact) mass is 792 g/mol. The van der Waals surface area contributed by atoms with Crippen LogP contribution in [0.5, 0.6) is 5.88 Å². The number of ether oxygens (including phenoxy) is 1. The van der Waals surface area contributed by atoms with Crippen LogP contribution >= 0.6 is 11.6 Å². The Kier molecular flexibility index (Phi) is 11.7. The summed E-state index contributed by atoms with van der Waals surface area (Å²) in [6, 6.07) is 13.0. The Balaban J connectivity index is 1.13. The molecule has 294 valence electrons. The molecular formula is C40H41ClF4N8O3. The number of aromatic nitrogens is 5. The molecule has 0 spiro atoms. The van der Waals surface area contributed by atoms with E-state index in [0.717, 1.165) is 24.0 Å². The lowest BCUT2D eigenvalue weighted by Crippen LogP contribution is -2.49. The largest absolute Gasteiger partial charge is 0.481 e. The zero-order valence-corrected chi connectivity index (χ0v) is 31.8. The minimum atomic E-state index is -2.94. The Morgan fingerprint density at radius 1 is 1.00 bits per heavy atom. The Morgan fingerprint density at radius 2 is 1.71 bits per heavy atom. The number of pyridine rings is 1. The topological polar surface area (TPSA) is 129 Å². The van der Waals surface area contributed by atoms with Crippen LogP contribution < -0.4 is 10.1 Å². The SMILES string of the molecule is COc1nc(-c2cccc(-c3cccc(Nc4nc(C(F)F)nc5cc(CN6CC(C(F)F)C6)cnc45)c3C)c2Cl)cnc1CN(C)C1CCC(C(=O)O)CC1. The van der Waals surface area contributed by atoms with Gasteiger partial charge in [-0.15, -0.1) is 0 Å². The van der Waals surface area contributed by atoms with Crippen molar-refractivity contribution in [1.29, 1.82) is 0 Å². The van der Waals surface area contributed by atoms with Gasteiger partial charge in [-0.1, -0.05) is 41.9 Å². The molecule has 1 saturated carbocycles. The van der Waals surface area contributed by atoms with Gasteiger partial charge in [0, 0.05) is 61.1 Å². The van der Waals surface area contributed by atoms with E-state index in [2.05, 4.69) is 25.2 Å². The van der Waals surface area contributed by atoms with Crippen LogP contribution in [0, 0.1) is 18.8 Å². The lowest BCUT2D eigenvalue weighted by atomic mass is 9.85. The van der Waals surface area contributed by atoms with E-state index in [-0.39, 0.29) is 41.9 Å². The second-order valence-corrected chi connectivity index (χ2v) is 14.8. The molecule has 4 heterocycles. The summed E-state index contributed by atoms with van der Waals surface area (Å²) in [6.45, 7) is 3.21. The lowest BCUT2D eigenvalue weighted by Gasteiger charge is -2.38. The second kappa shape index (κ2) is 16.6. The smallest absolute Gasteiger partial charge is 0.306 e. The number of carbonyl (C=O) groups is 1. The highest BCUT2D eigenvalue weighted by Gasteiger charge is 2.34. The van der Waals surface area contributed by atoms with Gasteiger partial charge in [-0.3, -0.25) is 24.6 Å². The van der Waals surface area contributed by atoms with E-state index in [1.165, 1.54) is 7.11 Å². The van der Waals surface area contributed by atoms with Gasteiger partial charge < -0.3 is 15.2 Å². The van der Waals surface area contributed by atoms with E-state index in [1.54, 1.807) is 24.5 Å². The molecule has 2 fully saturated rings. The number of anilines is 2. The summed E-state index contributed by atoms with van der Waals surface area (Å²) < 4.78 is 59.7. The number of nitrogens with one attached hydrogen (secondary N) is 1. The molecule has 0 bridgehead atoms. The van der Waals surface area contributed by atoms with Crippen LogP contribution in [0.25, 0.3) is 33.4 Å². The number of fused-ring (bicyclic) bond motifs is 1. The standard InChI is InChI=1S/C40H41ClF4N8O3/c1-21-26(6-5-9-29(21)48-37-34-30(49-38(51-37)36(44)45)14-22(15-47-34)17-53-18-24(19-53)35(42)43)27-7-4-8-28(33(27)41)31-16-46-32(39(50-31)56-3)20-52(2)25-12-10-23(11-13-25)40(54)55/h4-9,14-16,23-25,35-36H,10-13,17-20H2,1-3H3,(H,54,55)(H,48,49,51). The van der Waals surface area contributed by atoms with E-state index in [9.17, 15) is 27.5 Å². The van der Waals surface area contributed by atoms with Crippen molar-refractivity contribution in [1.82, 2.24) is 34.7 Å². The first-order valence-electron chi connectivity index (χ1n) is 18.3. The number of nitrogens with zero attached hydrogens (tertiary/aromatic N) is 7. The molecule has 1 aliphatic heterocycles. The summed E-state index contributed by atoms with van der Waals surface area (Å²) in [7, 11) is 3.53. The minimum absolute atomic E-state index is 0.0970. The predicted molar refractivity (Wildman–Crippen MR) is 204 cm³/mol. The number of likely N-dealkylation sites (tertiary alicyclic amines) is 1. The number of methoxy groups -OCH3 is 1. The normalized spacial score (nSPS) is 17.8. The van der Waals surface area contributed by atoms with Crippen LogP contribution in [0.2, 0.25) is 5.02 Å². The van der Waals surface area contributed by atoms with Gasteiger partial charge in [0.2, 0.25) is 12.3 Å². The first kappa shape index (κ1) is 39.3. The molecule has 2 N–H and O–H groups in total. The van der Waals surface area contributed by atoms with Crippen LogP contribution in [-0.2, 0) is 17.9 Å². The molecule has 0 radical (unpaired) electrons. The maximum absolute atomic E-state index is 14.0. The van der Waals surface area contributed by atoms with Crippen molar-refractivity contribution in [3.8, 4) is 28.3 Å². The van der Waals surface area contributed by atoms with E-state index in [0.29, 0.717) is 70.6 Å². The molecule has 2 aromatic carbocycles. The molecule has 0 atom stereocenters. The third kappa shape index (κ3) is 8.25. The van der Waals surface area contributed by atoms with Crippen molar-refractivity contribution in [2.75, 3.05) is 32.6 Å². The van der Waals surface area contributed by atoms with Crippen LogP contribution in [0.3, 0.4) is 0 Å². The van der Waals surface area contributed by atoms with Crippen LogP contribution in [0.1, 0.15) is 54.8 Å². The summed E-state index contributed by atoms with van der Waals surface area (Å²) in [5.41, 5.74) is 5.78. The van der Waals surface area contributed by atoms with E-state index < -0.39 is 30.6 Å². The van der Waals surface area contributed by atoms with Crippen molar-refractivity contribution in [2.24, 2.45) is 11.8 Å². The third-order valence-electron chi connectivity index (χ3n) is 10.8. The highest BCUT2D eigenvalue weighted by molar-refractivity contribution is 6.36. The summed E-state index contributed by atoms with van der Waals surface area (Å²) in [5.74, 6) is -1.91. The highest BCUT2D eigenvalue weighted by atomic mass is 35.5. The Labute approximate surface area is 326 Å². The number of alkyl halides is 4. The maximum atomic E-state index is 14.0. The number of carboxylic acid groups (broad SMARTS) is 1. The van der Waals surface area contributed by atoms with Gasteiger partial charge in [0.05, 0.1) is 35.5 Å². The molecular weight excluding hydrogens is 752 g/mol. The van der Waals surface area contributed by atoms with E-state index in [1.807, 2.05) is 49.2 Å². The number of halogens is 5. The molecule has 16 heteroatoms. The molecule has 56 heavy (non-hydrogen) atoms. The number of hydrogen-bond donors (Lipinski definition) is 2. The van der Waals surface area contributed by atoms with Gasteiger partial charge in [0.15, 0.2) is 11.6 Å². The number of rotatable bonds is 13. The number of carboxylic acids is 1. The zero-order valence-electron chi connectivity index (χ0n) is 31.0. The van der Waals surface area contributed by atoms with E-state index >= 15 is 0 Å². The summed E-state index contributed by atoms with van der Waals surface area (Å²) in [5, 5.41) is 13.0. The molecule has 5 aromatic rings. The minimum Gasteiger partial charge on any atom is -0.481 e. The van der Waals surface area contributed by atoms with Crippen molar-refractivity contribution in [2.45, 2.75) is 64.6 Å². The van der Waals surface area contributed by atoms with Crippen LogP contribution in [0.4, 0.5) is 29.1 Å². The molecule has 1 saturated heterocycles. The van der Waals surface area contributed by atoms with Crippen LogP contribution in [0.15, 0.2) is 54.9 Å². The molecule has 3 aromatic heterocycles. The van der Waals surface area contributed by atoms with Crippen molar-refractivity contribution in [3.63, 3.8) is 0 Å². The van der Waals surface area contributed by atoms with Gasteiger partial charge in [-0.2, -0.15) is 0 Å². The van der Waals surface area contributed by atoms with Crippen LogP contribution in [-0.4, -0.2) is 85.5 Å². The van der Waals surface area contributed by atoms with Crippen molar-refractivity contribution in [3.05, 3.63) is 82.5 Å². The average Bonchev–Trinajstić information content (AvgIpc) is 3.17. The molecule has 0 amide bonds.